The Hall–Kier alpha value is -3.33. The first-order valence-corrected chi connectivity index (χ1v) is 10.8. The predicted molar refractivity (Wildman–Crippen MR) is 107 cm³/mol. The largest absolute Gasteiger partial charge is 0.324 e. The zero-order chi connectivity index (χ0) is 21.3. The number of rotatable bonds is 5. The van der Waals surface area contributed by atoms with Gasteiger partial charge in [-0.15, -0.1) is 0 Å². The molecule has 1 aromatic heterocycles. The fourth-order valence-electron chi connectivity index (χ4n) is 3.43. The molecule has 4 rings (SSSR count). The number of fused-ring (bicyclic) bond motifs is 1. The molecule has 2 aromatic carbocycles. The predicted octanol–water partition coefficient (Wildman–Crippen LogP) is 2.34. The van der Waals surface area contributed by atoms with Crippen LogP contribution in [-0.4, -0.2) is 24.1 Å². The minimum absolute atomic E-state index is 0.289. The van der Waals surface area contributed by atoms with E-state index in [1.165, 1.54) is 23.3 Å². The molecular formula is C21H18FN3O4S. The Kier molecular flexibility index (Phi) is 5.21. The SMILES string of the molecule is O=C(Cn1nc(S(=O)(=O)c2cccc(F)c2)ccc1=O)Nc1ccc2c(c1)CCC2. The van der Waals surface area contributed by atoms with E-state index in [1.54, 1.807) is 6.07 Å². The van der Waals surface area contributed by atoms with Crippen molar-refractivity contribution in [1.29, 1.82) is 0 Å². The molecule has 1 heterocycles. The molecule has 30 heavy (non-hydrogen) atoms. The number of sulfone groups is 1. The molecule has 1 amide bonds. The lowest BCUT2D eigenvalue weighted by atomic mass is 10.1. The smallest absolute Gasteiger partial charge is 0.267 e. The van der Waals surface area contributed by atoms with Crippen molar-refractivity contribution in [3.8, 4) is 0 Å². The molecule has 0 saturated heterocycles. The van der Waals surface area contributed by atoms with Crippen molar-refractivity contribution in [2.45, 2.75) is 35.7 Å². The van der Waals surface area contributed by atoms with Gasteiger partial charge in [-0.05, 0) is 66.8 Å². The zero-order valence-corrected chi connectivity index (χ0v) is 16.7. The van der Waals surface area contributed by atoms with Crippen molar-refractivity contribution in [1.82, 2.24) is 9.78 Å². The molecule has 0 saturated carbocycles. The summed E-state index contributed by atoms with van der Waals surface area (Å²) in [5.74, 6) is -1.22. The van der Waals surface area contributed by atoms with Crippen LogP contribution in [0.4, 0.5) is 10.1 Å². The number of hydrogen-bond acceptors (Lipinski definition) is 5. The van der Waals surface area contributed by atoms with Gasteiger partial charge in [0.1, 0.15) is 12.4 Å². The van der Waals surface area contributed by atoms with Crippen LogP contribution in [0.25, 0.3) is 0 Å². The standard InChI is InChI=1S/C21H18FN3O4S/c22-16-5-2-6-18(12-16)30(28,29)20-9-10-21(27)25(24-20)13-19(26)23-17-8-7-14-3-1-4-15(14)11-17/h2,5-12H,1,3-4,13H2,(H,23,26). The van der Waals surface area contributed by atoms with Crippen LogP contribution < -0.4 is 10.9 Å². The van der Waals surface area contributed by atoms with Gasteiger partial charge in [0, 0.05) is 11.8 Å². The highest BCUT2D eigenvalue weighted by atomic mass is 32.2. The van der Waals surface area contributed by atoms with Gasteiger partial charge in [-0.3, -0.25) is 9.59 Å². The van der Waals surface area contributed by atoms with E-state index < -0.39 is 38.7 Å². The monoisotopic (exact) mass is 427 g/mol. The third-order valence-electron chi connectivity index (χ3n) is 4.90. The summed E-state index contributed by atoms with van der Waals surface area (Å²) in [6.45, 7) is -0.456. The maximum atomic E-state index is 13.4. The summed E-state index contributed by atoms with van der Waals surface area (Å²) in [5.41, 5.74) is 2.43. The minimum Gasteiger partial charge on any atom is -0.324 e. The first kappa shape index (κ1) is 20.0. The number of aryl methyl sites for hydroxylation is 2. The van der Waals surface area contributed by atoms with E-state index >= 15 is 0 Å². The fraction of sp³-hybridized carbons (Fsp3) is 0.190. The van der Waals surface area contributed by atoms with E-state index in [1.807, 2.05) is 12.1 Å². The van der Waals surface area contributed by atoms with Crippen molar-refractivity contribution in [3.63, 3.8) is 0 Å². The number of nitrogens with zero attached hydrogens (tertiary/aromatic N) is 2. The van der Waals surface area contributed by atoms with Crippen LogP contribution in [0.15, 0.2) is 69.3 Å². The molecule has 1 aliphatic rings. The fourth-order valence-corrected chi connectivity index (χ4v) is 4.65. The van der Waals surface area contributed by atoms with Crippen molar-refractivity contribution in [2.75, 3.05) is 5.32 Å². The van der Waals surface area contributed by atoms with Crippen LogP contribution in [0.3, 0.4) is 0 Å². The van der Waals surface area contributed by atoms with Gasteiger partial charge in [-0.1, -0.05) is 12.1 Å². The number of aromatic nitrogens is 2. The number of amides is 1. The average Bonchev–Trinajstić information content (AvgIpc) is 3.17. The molecule has 154 valence electrons. The third kappa shape index (κ3) is 4.02. The van der Waals surface area contributed by atoms with E-state index in [4.69, 9.17) is 0 Å². The van der Waals surface area contributed by atoms with Gasteiger partial charge in [0.25, 0.3) is 5.56 Å². The number of hydrogen-bond donors (Lipinski definition) is 1. The molecule has 0 unspecified atom stereocenters. The van der Waals surface area contributed by atoms with Gasteiger partial charge >= 0.3 is 0 Å². The second kappa shape index (κ2) is 7.83. The number of anilines is 1. The Morgan fingerprint density at radius 1 is 1.07 bits per heavy atom. The van der Waals surface area contributed by atoms with E-state index in [2.05, 4.69) is 10.4 Å². The summed E-state index contributed by atoms with van der Waals surface area (Å²) in [6.07, 6.45) is 3.06. The van der Waals surface area contributed by atoms with Gasteiger partial charge in [0.2, 0.25) is 15.7 Å². The summed E-state index contributed by atoms with van der Waals surface area (Å²) >= 11 is 0. The molecule has 0 spiro atoms. The van der Waals surface area contributed by atoms with E-state index in [0.29, 0.717) is 5.69 Å². The lowest BCUT2D eigenvalue weighted by molar-refractivity contribution is -0.117. The molecule has 1 aliphatic carbocycles. The number of benzene rings is 2. The molecule has 0 aliphatic heterocycles. The highest BCUT2D eigenvalue weighted by molar-refractivity contribution is 7.91. The highest BCUT2D eigenvalue weighted by Crippen LogP contribution is 2.25. The maximum Gasteiger partial charge on any atom is 0.267 e. The summed E-state index contributed by atoms with van der Waals surface area (Å²) in [7, 11) is -4.14. The van der Waals surface area contributed by atoms with Crippen LogP contribution in [-0.2, 0) is 34.0 Å². The average molecular weight is 427 g/mol. The van der Waals surface area contributed by atoms with E-state index in [9.17, 15) is 22.4 Å². The zero-order valence-electron chi connectivity index (χ0n) is 15.8. The molecule has 1 N–H and O–H groups in total. The first-order valence-electron chi connectivity index (χ1n) is 9.33. The van der Waals surface area contributed by atoms with Crippen LogP contribution in [0.1, 0.15) is 17.5 Å². The van der Waals surface area contributed by atoms with Gasteiger partial charge in [0.05, 0.1) is 4.90 Å². The molecular weight excluding hydrogens is 409 g/mol. The van der Waals surface area contributed by atoms with Crippen LogP contribution in [0, 0.1) is 5.82 Å². The van der Waals surface area contributed by atoms with Crippen LogP contribution in [0.2, 0.25) is 0 Å². The van der Waals surface area contributed by atoms with E-state index in [0.717, 1.165) is 48.2 Å². The van der Waals surface area contributed by atoms with Gasteiger partial charge in [-0.25, -0.2) is 17.5 Å². The molecule has 7 nitrogen and oxygen atoms in total. The van der Waals surface area contributed by atoms with Crippen molar-refractivity contribution in [2.24, 2.45) is 0 Å². The first-order chi connectivity index (χ1) is 14.3. The van der Waals surface area contributed by atoms with Gasteiger partial charge in [-0.2, -0.15) is 5.10 Å². The Bertz CT molecular complexity index is 1300. The number of nitrogens with one attached hydrogen (secondary N) is 1. The normalized spacial score (nSPS) is 13.1. The second-order valence-corrected chi connectivity index (χ2v) is 8.91. The molecule has 0 atom stereocenters. The van der Waals surface area contributed by atoms with Gasteiger partial charge in [0.15, 0.2) is 5.03 Å². The molecule has 0 fully saturated rings. The molecule has 9 heteroatoms. The second-order valence-electron chi connectivity index (χ2n) is 7.01. The third-order valence-corrected chi connectivity index (χ3v) is 6.54. The Labute approximate surface area is 172 Å². The summed E-state index contributed by atoms with van der Waals surface area (Å²) in [4.78, 5) is 24.2. The topological polar surface area (TPSA) is 98.1 Å². The summed E-state index contributed by atoms with van der Waals surface area (Å²) in [6, 6.07) is 12.2. The van der Waals surface area contributed by atoms with Crippen molar-refractivity contribution in [3.05, 3.63) is 81.9 Å². The Morgan fingerprint density at radius 2 is 1.87 bits per heavy atom. The lowest BCUT2D eigenvalue weighted by Gasteiger charge is -2.10. The van der Waals surface area contributed by atoms with Crippen LogP contribution >= 0.6 is 0 Å². The summed E-state index contributed by atoms with van der Waals surface area (Å²) < 4.78 is 39.6. The molecule has 0 bridgehead atoms. The minimum atomic E-state index is -4.14. The Morgan fingerprint density at radius 3 is 2.67 bits per heavy atom. The maximum absolute atomic E-state index is 13.4. The Balaban J connectivity index is 1.56. The molecule has 0 radical (unpaired) electrons. The van der Waals surface area contributed by atoms with E-state index in [-0.39, 0.29) is 4.90 Å². The molecule has 3 aromatic rings. The van der Waals surface area contributed by atoms with Crippen molar-refractivity contribution < 1.29 is 17.6 Å². The van der Waals surface area contributed by atoms with Crippen LogP contribution in [0.5, 0.6) is 0 Å². The van der Waals surface area contributed by atoms with Crippen molar-refractivity contribution >= 4 is 21.4 Å². The highest BCUT2D eigenvalue weighted by Gasteiger charge is 2.21. The van der Waals surface area contributed by atoms with Gasteiger partial charge < -0.3 is 5.32 Å². The lowest BCUT2D eigenvalue weighted by Crippen LogP contribution is -2.30. The number of halogens is 1. The number of carbonyl (C=O) groups is 1. The summed E-state index contributed by atoms with van der Waals surface area (Å²) in [5, 5.41) is 6.08. The number of carbonyl (C=O) groups excluding carboxylic acids is 1. The quantitative estimate of drug-likeness (QED) is 0.674.